The Kier molecular flexibility index (Phi) is 5.55. The smallest absolute Gasteiger partial charge is 0.257 e. The van der Waals surface area contributed by atoms with Crippen molar-refractivity contribution in [1.29, 1.82) is 0 Å². The average molecular weight is 428 g/mol. The second-order valence-electron chi connectivity index (χ2n) is 11.7. The summed E-state index contributed by atoms with van der Waals surface area (Å²) in [7, 11) is 0. The van der Waals surface area contributed by atoms with E-state index in [1.165, 1.54) is 38.2 Å². The second kappa shape index (κ2) is 8.08. The predicted molar refractivity (Wildman–Crippen MR) is 121 cm³/mol. The average Bonchev–Trinajstić information content (AvgIpc) is 3.45. The van der Waals surface area contributed by atoms with E-state index in [-0.39, 0.29) is 22.9 Å². The maximum Gasteiger partial charge on any atom is 0.257 e. The molecule has 3 unspecified atom stereocenters. The molecular weight excluding hydrogens is 389 g/mol. The van der Waals surface area contributed by atoms with E-state index in [0.717, 1.165) is 55.5 Å². The third-order valence-corrected chi connectivity index (χ3v) is 8.44. The minimum atomic E-state index is -0.428. The first-order valence-corrected chi connectivity index (χ1v) is 12.6. The molecule has 3 nitrogen and oxygen atoms in total. The molecule has 1 amide bonds. The Morgan fingerprint density at radius 2 is 1.84 bits per heavy atom. The highest BCUT2D eigenvalue weighted by Crippen LogP contribution is 2.51. The molecule has 3 aliphatic carbocycles. The number of hydrogen-bond donors (Lipinski definition) is 0. The molecule has 170 valence electrons. The zero-order chi connectivity index (χ0) is 21.8. The van der Waals surface area contributed by atoms with Crippen LogP contribution in [0.1, 0.15) is 100 Å². The van der Waals surface area contributed by atoms with E-state index in [1.807, 2.05) is 11.0 Å². The largest absolute Gasteiger partial charge is 0.493 e. The quantitative estimate of drug-likeness (QED) is 0.533. The number of benzene rings is 1. The Bertz CT molecular complexity index is 830. The van der Waals surface area contributed by atoms with Gasteiger partial charge in [-0.1, -0.05) is 13.8 Å². The van der Waals surface area contributed by atoms with Gasteiger partial charge in [0.25, 0.3) is 5.91 Å². The first-order chi connectivity index (χ1) is 14.8. The zero-order valence-electron chi connectivity index (χ0n) is 19.5. The van der Waals surface area contributed by atoms with Crippen LogP contribution in [0.2, 0.25) is 0 Å². The predicted octanol–water partition coefficient (Wildman–Crippen LogP) is 6.56. The standard InChI is InChI=1S/C27H38FNO2/c1-17-9-19-11-20(10-17)15-27(3,14-19)16-31-25-13-24(28)23(12-22(25)21-6-7-21)26(30)29-8-4-5-18(29)2/h12-13,17-21H,4-11,14-16H2,1-3H3. The number of carbonyl (C=O) groups is 1. The van der Waals surface area contributed by atoms with Gasteiger partial charge in [0.2, 0.25) is 0 Å². The molecule has 1 aliphatic heterocycles. The number of likely N-dealkylation sites (tertiary alicyclic amines) is 1. The molecule has 0 N–H and O–H groups in total. The van der Waals surface area contributed by atoms with Gasteiger partial charge in [-0.15, -0.1) is 0 Å². The van der Waals surface area contributed by atoms with Crippen molar-refractivity contribution >= 4 is 5.91 Å². The summed E-state index contributed by atoms with van der Waals surface area (Å²) >= 11 is 0. The van der Waals surface area contributed by atoms with Crippen molar-refractivity contribution in [2.24, 2.45) is 23.2 Å². The van der Waals surface area contributed by atoms with Crippen molar-refractivity contribution in [3.05, 3.63) is 29.1 Å². The lowest BCUT2D eigenvalue weighted by Gasteiger charge is -2.47. The highest BCUT2D eigenvalue weighted by molar-refractivity contribution is 5.95. The molecule has 31 heavy (non-hydrogen) atoms. The summed E-state index contributed by atoms with van der Waals surface area (Å²) in [5.74, 6) is 3.00. The van der Waals surface area contributed by atoms with Crippen LogP contribution < -0.4 is 4.74 Å². The third kappa shape index (κ3) is 4.36. The molecular formula is C27H38FNO2. The summed E-state index contributed by atoms with van der Waals surface area (Å²) in [5.41, 5.74) is 1.45. The number of carbonyl (C=O) groups excluding carboxylic acids is 1. The van der Waals surface area contributed by atoms with Crippen LogP contribution in [-0.4, -0.2) is 30.0 Å². The maximum atomic E-state index is 15.1. The van der Waals surface area contributed by atoms with Crippen LogP contribution in [-0.2, 0) is 0 Å². The van der Waals surface area contributed by atoms with E-state index >= 15 is 4.39 Å². The lowest BCUT2D eigenvalue weighted by molar-refractivity contribution is 0.0143. The Morgan fingerprint density at radius 3 is 2.45 bits per heavy atom. The van der Waals surface area contributed by atoms with Crippen LogP contribution in [0.5, 0.6) is 5.75 Å². The first kappa shape index (κ1) is 21.3. The number of fused-ring (bicyclic) bond motifs is 2. The summed E-state index contributed by atoms with van der Waals surface area (Å²) in [6.45, 7) is 8.21. The van der Waals surface area contributed by atoms with Crippen molar-refractivity contribution in [2.75, 3.05) is 13.2 Å². The normalized spacial score (nSPS) is 35.3. The summed E-state index contributed by atoms with van der Waals surface area (Å²) < 4.78 is 21.5. The Hall–Kier alpha value is -1.58. The van der Waals surface area contributed by atoms with E-state index in [1.54, 1.807) is 0 Å². The van der Waals surface area contributed by atoms with E-state index in [2.05, 4.69) is 20.8 Å². The van der Waals surface area contributed by atoms with E-state index < -0.39 is 5.82 Å². The molecule has 3 atom stereocenters. The molecule has 1 aromatic carbocycles. The number of amides is 1. The van der Waals surface area contributed by atoms with Crippen molar-refractivity contribution in [3.8, 4) is 5.75 Å². The first-order valence-electron chi connectivity index (χ1n) is 12.6. The number of nitrogens with zero attached hydrogens (tertiary/aromatic N) is 1. The van der Waals surface area contributed by atoms with Gasteiger partial charge < -0.3 is 9.64 Å². The highest BCUT2D eigenvalue weighted by Gasteiger charge is 2.42. The van der Waals surface area contributed by atoms with E-state index in [4.69, 9.17) is 4.74 Å². The van der Waals surface area contributed by atoms with Gasteiger partial charge in [0, 0.05) is 24.1 Å². The molecule has 1 aromatic rings. The van der Waals surface area contributed by atoms with Crippen molar-refractivity contribution in [3.63, 3.8) is 0 Å². The van der Waals surface area contributed by atoms with E-state index in [0.29, 0.717) is 18.3 Å². The fourth-order valence-corrected chi connectivity index (χ4v) is 7.04. The molecule has 4 heteroatoms. The molecule has 3 saturated carbocycles. The summed E-state index contributed by atoms with van der Waals surface area (Å²) in [6, 6.07) is 3.52. The summed E-state index contributed by atoms with van der Waals surface area (Å²) in [5, 5.41) is 0. The Morgan fingerprint density at radius 1 is 1.13 bits per heavy atom. The highest BCUT2D eigenvalue weighted by atomic mass is 19.1. The van der Waals surface area contributed by atoms with Crippen LogP contribution in [0.15, 0.2) is 12.1 Å². The molecule has 0 aromatic heterocycles. The number of halogens is 1. The topological polar surface area (TPSA) is 29.5 Å². The van der Waals surface area contributed by atoms with E-state index in [9.17, 15) is 4.79 Å². The minimum absolute atomic E-state index is 0.155. The van der Waals surface area contributed by atoms with Gasteiger partial charge in [0.05, 0.1) is 12.2 Å². The lowest BCUT2D eigenvalue weighted by atomic mass is 9.60. The molecule has 2 bridgehead atoms. The van der Waals surface area contributed by atoms with Crippen molar-refractivity contribution in [1.82, 2.24) is 4.90 Å². The van der Waals surface area contributed by atoms with Crippen LogP contribution >= 0.6 is 0 Å². The summed E-state index contributed by atoms with van der Waals surface area (Å²) in [4.78, 5) is 14.9. The number of ether oxygens (including phenoxy) is 1. The SMILES string of the molecule is CC1CC2CC(C1)CC(C)(COc1cc(F)c(C(=O)N3CCCC3C)cc1C1CC1)C2. The van der Waals surface area contributed by atoms with Crippen molar-refractivity contribution < 1.29 is 13.9 Å². The lowest BCUT2D eigenvalue weighted by Crippen LogP contribution is -2.39. The van der Waals surface area contributed by atoms with Gasteiger partial charge in [-0.05, 0) is 100 Å². The number of rotatable bonds is 5. The fraction of sp³-hybridized carbons (Fsp3) is 0.741. The zero-order valence-corrected chi connectivity index (χ0v) is 19.5. The maximum absolute atomic E-state index is 15.1. The molecule has 1 heterocycles. The Labute approximate surface area is 186 Å². The van der Waals surface area contributed by atoms with Crippen LogP contribution in [0, 0.1) is 29.0 Å². The van der Waals surface area contributed by atoms with Gasteiger partial charge in [-0.2, -0.15) is 0 Å². The second-order valence-corrected chi connectivity index (χ2v) is 11.7. The van der Waals surface area contributed by atoms with Gasteiger partial charge >= 0.3 is 0 Å². The van der Waals surface area contributed by atoms with Crippen LogP contribution in [0.3, 0.4) is 0 Å². The molecule has 4 aliphatic rings. The van der Waals surface area contributed by atoms with Crippen molar-refractivity contribution in [2.45, 2.75) is 90.5 Å². The monoisotopic (exact) mass is 427 g/mol. The molecule has 0 radical (unpaired) electrons. The van der Waals surface area contributed by atoms with Gasteiger partial charge in [0.1, 0.15) is 11.6 Å². The third-order valence-electron chi connectivity index (χ3n) is 8.44. The number of hydrogen-bond acceptors (Lipinski definition) is 2. The molecule has 4 fully saturated rings. The van der Waals surface area contributed by atoms with Crippen LogP contribution in [0.4, 0.5) is 4.39 Å². The van der Waals surface area contributed by atoms with Gasteiger partial charge in [-0.3, -0.25) is 4.79 Å². The summed E-state index contributed by atoms with van der Waals surface area (Å²) in [6.07, 6.45) is 10.7. The molecule has 0 spiro atoms. The van der Waals surface area contributed by atoms with Crippen LogP contribution in [0.25, 0.3) is 0 Å². The Balaban J connectivity index is 1.34. The molecule has 1 saturated heterocycles. The minimum Gasteiger partial charge on any atom is -0.493 e. The molecule has 5 rings (SSSR count). The van der Waals surface area contributed by atoms with Gasteiger partial charge in [0.15, 0.2) is 0 Å². The fourth-order valence-electron chi connectivity index (χ4n) is 7.04. The van der Waals surface area contributed by atoms with Gasteiger partial charge in [-0.25, -0.2) is 4.39 Å².